The van der Waals surface area contributed by atoms with Crippen molar-refractivity contribution in [1.82, 2.24) is 26.1 Å². The first-order valence-electron chi connectivity index (χ1n) is 9.41. The number of aromatic nitrogens is 2. The lowest BCUT2D eigenvalue weighted by atomic mass is 9.93. The maximum atomic E-state index is 12.3. The molecule has 0 radical (unpaired) electrons. The highest BCUT2D eigenvalue weighted by atomic mass is 35.5. The Labute approximate surface area is 172 Å². The smallest absolute Gasteiger partial charge is 0.263 e. The summed E-state index contributed by atoms with van der Waals surface area (Å²) in [5.74, 6) is 0.926. The van der Waals surface area contributed by atoms with Crippen molar-refractivity contribution in [3.05, 3.63) is 52.8 Å². The Balaban J connectivity index is 1.68. The van der Waals surface area contributed by atoms with Crippen LogP contribution in [0.1, 0.15) is 25.7 Å². The van der Waals surface area contributed by atoms with Crippen LogP contribution in [-0.4, -0.2) is 34.8 Å². The minimum Gasteiger partial charge on any atom is -0.344 e. The SMILES string of the molecule is CC(=N)/C(=C1/NC(=O)C=C(C2CCNCC2)N1)c1nc(-c2cccc(Cl)c2)no1. The van der Waals surface area contributed by atoms with Gasteiger partial charge in [-0.2, -0.15) is 4.98 Å². The molecule has 4 rings (SSSR count). The Bertz CT molecular complexity index is 1020. The third-order valence-corrected chi connectivity index (χ3v) is 5.17. The Morgan fingerprint density at radius 1 is 1.28 bits per heavy atom. The van der Waals surface area contributed by atoms with Crippen molar-refractivity contribution in [1.29, 1.82) is 5.41 Å². The molecule has 150 valence electrons. The van der Waals surface area contributed by atoms with E-state index in [1.165, 1.54) is 0 Å². The molecule has 8 nitrogen and oxygen atoms in total. The van der Waals surface area contributed by atoms with Crippen molar-refractivity contribution in [3.8, 4) is 11.4 Å². The van der Waals surface area contributed by atoms with Crippen molar-refractivity contribution in [3.63, 3.8) is 0 Å². The number of hydrogen-bond acceptors (Lipinski definition) is 7. The molecule has 1 fully saturated rings. The first-order valence-corrected chi connectivity index (χ1v) is 9.79. The van der Waals surface area contributed by atoms with Gasteiger partial charge in [-0.1, -0.05) is 28.9 Å². The van der Waals surface area contributed by atoms with Crippen LogP contribution in [0.25, 0.3) is 17.0 Å². The van der Waals surface area contributed by atoms with Gasteiger partial charge in [-0.15, -0.1) is 0 Å². The maximum absolute atomic E-state index is 12.3. The van der Waals surface area contributed by atoms with Crippen LogP contribution >= 0.6 is 11.6 Å². The Morgan fingerprint density at radius 3 is 2.79 bits per heavy atom. The molecule has 0 spiro atoms. The van der Waals surface area contributed by atoms with Crippen LogP contribution in [0, 0.1) is 11.3 Å². The molecule has 1 aromatic carbocycles. The van der Waals surface area contributed by atoms with Crippen molar-refractivity contribution < 1.29 is 9.32 Å². The normalized spacial score (nSPS) is 19.2. The number of amides is 1. The topological polar surface area (TPSA) is 116 Å². The molecule has 0 unspecified atom stereocenters. The van der Waals surface area contributed by atoms with E-state index in [2.05, 4.69) is 26.1 Å². The molecular weight excluding hydrogens is 392 g/mol. The number of carbonyl (C=O) groups excluding carboxylic acids is 1. The Morgan fingerprint density at radius 2 is 2.07 bits per heavy atom. The van der Waals surface area contributed by atoms with Crippen LogP contribution in [0.3, 0.4) is 0 Å². The first kappa shape index (κ1) is 19.4. The van der Waals surface area contributed by atoms with E-state index in [1.54, 1.807) is 31.2 Å². The number of nitrogens with zero attached hydrogens (tertiary/aromatic N) is 2. The number of allylic oxidation sites excluding steroid dienone is 2. The molecule has 4 N–H and O–H groups in total. The lowest BCUT2D eigenvalue weighted by Gasteiger charge is -2.30. The highest BCUT2D eigenvalue weighted by Gasteiger charge is 2.27. The lowest BCUT2D eigenvalue weighted by Crippen LogP contribution is -2.41. The fourth-order valence-electron chi connectivity index (χ4n) is 3.51. The molecule has 0 bridgehead atoms. The quantitative estimate of drug-likeness (QED) is 0.574. The van der Waals surface area contributed by atoms with Crippen molar-refractivity contribution >= 4 is 28.8 Å². The van der Waals surface area contributed by atoms with Gasteiger partial charge in [0.15, 0.2) is 0 Å². The predicted molar refractivity (Wildman–Crippen MR) is 110 cm³/mol. The van der Waals surface area contributed by atoms with Gasteiger partial charge >= 0.3 is 0 Å². The summed E-state index contributed by atoms with van der Waals surface area (Å²) in [6.45, 7) is 3.43. The molecule has 0 saturated carbocycles. The second-order valence-corrected chi connectivity index (χ2v) is 7.48. The fraction of sp³-hybridized carbons (Fsp3) is 0.300. The number of piperidine rings is 1. The van der Waals surface area contributed by atoms with E-state index in [4.69, 9.17) is 21.5 Å². The number of rotatable bonds is 4. The Hall–Kier alpha value is -2.97. The van der Waals surface area contributed by atoms with Crippen molar-refractivity contribution in [2.24, 2.45) is 5.92 Å². The van der Waals surface area contributed by atoms with Crippen molar-refractivity contribution in [2.75, 3.05) is 13.1 Å². The van der Waals surface area contributed by atoms with E-state index in [1.807, 2.05) is 6.07 Å². The van der Waals surface area contributed by atoms with E-state index in [9.17, 15) is 4.79 Å². The number of nitrogens with one attached hydrogen (secondary N) is 4. The Kier molecular flexibility index (Phi) is 5.46. The molecule has 1 saturated heterocycles. The summed E-state index contributed by atoms with van der Waals surface area (Å²) >= 11 is 6.04. The van der Waals surface area contributed by atoms with Gasteiger partial charge < -0.3 is 25.9 Å². The third kappa shape index (κ3) is 4.23. The summed E-state index contributed by atoms with van der Waals surface area (Å²) in [6.07, 6.45) is 3.47. The van der Waals surface area contributed by atoms with Crippen molar-refractivity contribution in [2.45, 2.75) is 19.8 Å². The molecule has 9 heteroatoms. The number of carbonyl (C=O) groups is 1. The third-order valence-electron chi connectivity index (χ3n) is 4.93. The van der Waals surface area contributed by atoms with Crippen LogP contribution in [-0.2, 0) is 4.79 Å². The first-order chi connectivity index (χ1) is 14.0. The second kappa shape index (κ2) is 8.18. The average Bonchev–Trinajstić information content (AvgIpc) is 3.18. The summed E-state index contributed by atoms with van der Waals surface area (Å²) in [5.41, 5.74) is 2.10. The van der Waals surface area contributed by atoms with E-state index in [-0.39, 0.29) is 23.4 Å². The van der Waals surface area contributed by atoms with Gasteiger partial charge in [-0.05, 0) is 45.0 Å². The van der Waals surface area contributed by atoms with Crippen LogP contribution < -0.4 is 16.0 Å². The highest BCUT2D eigenvalue weighted by molar-refractivity contribution is 6.30. The minimum absolute atomic E-state index is 0.154. The summed E-state index contributed by atoms with van der Waals surface area (Å²) in [4.78, 5) is 16.7. The lowest BCUT2D eigenvalue weighted by molar-refractivity contribution is -0.116. The van der Waals surface area contributed by atoms with Gasteiger partial charge in [0.2, 0.25) is 5.82 Å². The van der Waals surface area contributed by atoms with Gasteiger partial charge in [0, 0.05) is 34.0 Å². The summed E-state index contributed by atoms with van der Waals surface area (Å²) in [7, 11) is 0. The van der Waals surface area contributed by atoms with Crippen LogP contribution in [0.15, 0.2) is 46.4 Å². The molecule has 1 aromatic heterocycles. The van der Waals surface area contributed by atoms with E-state index in [0.717, 1.165) is 31.6 Å². The van der Waals surface area contributed by atoms with E-state index >= 15 is 0 Å². The highest BCUT2D eigenvalue weighted by Crippen LogP contribution is 2.26. The van der Waals surface area contributed by atoms with Gasteiger partial charge in [0.1, 0.15) is 11.4 Å². The van der Waals surface area contributed by atoms with E-state index in [0.29, 0.717) is 27.8 Å². The monoisotopic (exact) mass is 412 g/mol. The minimum atomic E-state index is -0.236. The molecular formula is C20H21ClN6O2. The van der Waals surface area contributed by atoms with Gasteiger partial charge in [0.05, 0.1) is 0 Å². The summed E-state index contributed by atoms with van der Waals surface area (Å²) in [6, 6.07) is 7.12. The molecule has 0 atom stereocenters. The fourth-order valence-corrected chi connectivity index (χ4v) is 3.70. The molecule has 3 heterocycles. The number of benzene rings is 1. The van der Waals surface area contributed by atoms with Crippen LogP contribution in [0.2, 0.25) is 5.02 Å². The predicted octanol–water partition coefficient (Wildman–Crippen LogP) is 2.70. The second-order valence-electron chi connectivity index (χ2n) is 7.05. The molecule has 0 aliphatic carbocycles. The zero-order chi connectivity index (χ0) is 20.4. The molecule has 2 aliphatic heterocycles. The van der Waals surface area contributed by atoms with E-state index < -0.39 is 0 Å². The molecule has 1 amide bonds. The van der Waals surface area contributed by atoms with Gasteiger partial charge in [-0.3, -0.25) is 4.79 Å². The van der Waals surface area contributed by atoms with Crippen LogP contribution in [0.4, 0.5) is 0 Å². The standard InChI is InChI=1S/C20H21ClN6O2/c1-11(22)17(20-26-18(27-29-20)13-3-2-4-14(21)9-13)19-24-15(10-16(28)25-19)12-5-7-23-8-6-12/h2-4,9-10,12,22-24H,5-8H2,1H3,(H,25,28)/b19-17-,22-11?. The largest absolute Gasteiger partial charge is 0.344 e. The zero-order valence-corrected chi connectivity index (χ0v) is 16.6. The zero-order valence-electron chi connectivity index (χ0n) is 15.9. The van der Waals surface area contributed by atoms with Gasteiger partial charge in [0.25, 0.3) is 11.8 Å². The summed E-state index contributed by atoms with van der Waals surface area (Å²) in [5, 5.41) is 22.2. The average molecular weight is 413 g/mol. The van der Waals surface area contributed by atoms with Crippen LogP contribution in [0.5, 0.6) is 0 Å². The number of halogens is 1. The van der Waals surface area contributed by atoms with Gasteiger partial charge in [-0.25, -0.2) is 0 Å². The molecule has 2 aromatic rings. The molecule has 29 heavy (non-hydrogen) atoms. The number of hydrogen-bond donors (Lipinski definition) is 4. The maximum Gasteiger partial charge on any atom is 0.263 e. The summed E-state index contributed by atoms with van der Waals surface area (Å²) < 4.78 is 5.43. The molecule has 2 aliphatic rings.